The van der Waals surface area contributed by atoms with Gasteiger partial charge in [-0.15, -0.1) is 0 Å². The third-order valence-corrected chi connectivity index (χ3v) is 7.62. The van der Waals surface area contributed by atoms with E-state index in [1.54, 1.807) is 12.1 Å². The summed E-state index contributed by atoms with van der Waals surface area (Å²) in [5.41, 5.74) is 1.74. The van der Waals surface area contributed by atoms with Crippen LogP contribution in [0.2, 0.25) is 0 Å². The average Bonchev–Trinajstić information content (AvgIpc) is 3.01. The molecule has 0 radical (unpaired) electrons. The topological polar surface area (TPSA) is 130 Å². The number of benzene rings is 3. The molecule has 0 aliphatic heterocycles. The second-order valence-corrected chi connectivity index (χ2v) is 10.5. The normalized spacial score (nSPS) is 19.9. The molecule has 6 rings (SSSR count). The summed E-state index contributed by atoms with van der Waals surface area (Å²) in [6.07, 6.45) is -3.95. The van der Waals surface area contributed by atoms with Crippen molar-refractivity contribution in [2.45, 2.75) is 50.1 Å². The van der Waals surface area contributed by atoms with Gasteiger partial charge in [0, 0.05) is 25.0 Å². The molecule has 1 aliphatic carbocycles. The maximum atomic E-state index is 13.3. The number of hydrogen-bond acceptors (Lipinski definition) is 8. The second kappa shape index (κ2) is 11.8. The molecule has 0 saturated carbocycles. The van der Waals surface area contributed by atoms with Crippen LogP contribution in [0.15, 0.2) is 109 Å². The lowest BCUT2D eigenvalue weighted by molar-refractivity contribution is -0.121. The molecule has 3 N–H and O–H groups in total. The Balaban J connectivity index is 1.26. The van der Waals surface area contributed by atoms with E-state index < -0.39 is 29.8 Å². The molecule has 8 heteroatoms. The van der Waals surface area contributed by atoms with Crippen LogP contribution in [0.5, 0.6) is 5.75 Å². The summed E-state index contributed by atoms with van der Waals surface area (Å²) >= 11 is 0. The number of ether oxygens (including phenoxy) is 1. The van der Waals surface area contributed by atoms with E-state index in [4.69, 9.17) is 13.6 Å². The first-order chi connectivity index (χ1) is 20.4. The number of rotatable bonds is 8. The molecule has 0 saturated heterocycles. The first kappa shape index (κ1) is 27.7. The van der Waals surface area contributed by atoms with Crippen molar-refractivity contribution in [3.63, 3.8) is 0 Å². The summed E-state index contributed by atoms with van der Waals surface area (Å²) in [6.45, 7) is 0. The van der Waals surface area contributed by atoms with Gasteiger partial charge in [0.1, 0.15) is 46.9 Å². The number of fused-ring (bicyclic) bond motifs is 2. The summed E-state index contributed by atoms with van der Waals surface area (Å²) in [7, 11) is 0. The van der Waals surface area contributed by atoms with Crippen molar-refractivity contribution in [2.24, 2.45) is 0 Å². The first-order valence-corrected chi connectivity index (χ1v) is 13.9. The van der Waals surface area contributed by atoms with Gasteiger partial charge in [0.15, 0.2) is 17.0 Å². The van der Waals surface area contributed by atoms with E-state index in [1.165, 1.54) is 18.2 Å². The van der Waals surface area contributed by atoms with Gasteiger partial charge in [-0.1, -0.05) is 60.7 Å². The van der Waals surface area contributed by atoms with E-state index in [0.29, 0.717) is 36.4 Å². The summed E-state index contributed by atoms with van der Waals surface area (Å²) in [4.78, 5) is 26.2. The van der Waals surface area contributed by atoms with Crippen LogP contribution in [0.3, 0.4) is 0 Å². The van der Waals surface area contributed by atoms with E-state index in [0.717, 1.165) is 17.5 Å². The predicted octanol–water partition coefficient (Wildman–Crippen LogP) is 4.21. The van der Waals surface area contributed by atoms with Crippen molar-refractivity contribution in [1.29, 1.82) is 0 Å². The minimum absolute atomic E-state index is 0.0767. The molecule has 8 nitrogen and oxygen atoms in total. The van der Waals surface area contributed by atoms with Crippen LogP contribution in [0, 0.1) is 0 Å². The maximum absolute atomic E-state index is 13.3. The molecule has 2 heterocycles. The van der Waals surface area contributed by atoms with Crippen molar-refractivity contribution in [3.05, 3.63) is 145 Å². The highest BCUT2D eigenvalue weighted by atomic mass is 16.5. The Bertz CT molecular complexity index is 1810. The van der Waals surface area contributed by atoms with E-state index in [1.807, 2.05) is 60.7 Å². The largest absolute Gasteiger partial charge is 0.483 e. The van der Waals surface area contributed by atoms with E-state index in [2.05, 4.69) is 0 Å². The van der Waals surface area contributed by atoms with Gasteiger partial charge in [0.05, 0.1) is 10.9 Å². The van der Waals surface area contributed by atoms with Gasteiger partial charge in [-0.05, 0) is 42.2 Å². The number of aliphatic hydroxyl groups is 3. The zero-order valence-corrected chi connectivity index (χ0v) is 22.7. The van der Waals surface area contributed by atoms with Crippen LogP contribution in [-0.4, -0.2) is 27.5 Å². The standard InChI is InChI=1S/C34H30O8/c35-26-18-23(13-11-20-7-3-1-4-8-20)40-28-16-15-22(17-25(26)28)41-33-29-27(36)19-24(14-12-21-9-5-2-6-10-21)42-34(29)32(39)30(37)31(33)38/h1-10,15-19,30-33,37-39H,11-14H2. The van der Waals surface area contributed by atoms with Crippen molar-refractivity contribution < 1.29 is 28.9 Å². The molecular weight excluding hydrogens is 536 g/mol. The molecule has 0 fully saturated rings. The molecule has 4 atom stereocenters. The van der Waals surface area contributed by atoms with Crippen LogP contribution >= 0.6 is 0 Å². The van der Waals surface area contributed by atoms with Gasteiger partial charge in [-0.2, -0.15) is 0 Å². The minimum atomic E-state index is -1.66. The van der Waals surface area contributed by atoms with Gasteiger partial charge in [-0.3, -0.25) is 9.59 Å². The Hall–Kier alpha value is -4.50. The molecule has 1 aliphatic rings. The predicted molar refractivity (Wildman–Crippen MR) is 156 cm³/mol. The van der Waals surface area contributed by atoms with Crippen molar-refractivity contribution in [1.82, 2.24) is 0 Å². The summed E-state index contributed by atoms with van der Waals surface area (Å²) in [5.74, 6) is 0.935. The Morgan fingerprint density at radius 1 is 0.643 bits per heavy atom. The SMILES string of the molecule is O=c1cc(CCc2ccccc2)oc2c1C(Oc1ccc3oc(CCc4ccccc4)cc(=O)c3c1)C(O)C(O)C2O. The van der Waals surface area contributed by atoms with Gasteiger partial charge in [0.25, 0.3) is 0 Å². The van der Waals surface area contributed by atoms with Gasteiger partial charge in [0.2, 0.25) is 0 Å². The van der Waals surface area contributed by atoms with Crippen molar-refractivity contribution in [2.75, 3.05) is 0 Å². The van der Waals surface area contributed by atoms with Crippen LogP contribution in [0.4, 0.5) is 0 Å². The molecule has 42 heavy (non-hydrogen) atoms. The molecular formula is C34H30O8. The number of hydrogen-bond donors (Lipinski definition) is 3. The van der Waals surface area contributed by atoms with E-state index in [9.17, 15) is 24.9 Å². The van der Waals surface area contributed by atoms with Crippen LogP contribution in [0.25, 0.3) is 11.0 Å². The van der Waals surface area contributed by atoms with Crippen LogP contribution < -0.4 is 15.6 Å². The summed E-state index contributed by atoms with van der Waals surface area (Å²) < 4.78 is 17.9. The summed E-state index contributed by atoms with van der Waals surface area (Å²) in [6, 6.07) is 27.0. The highest BCUT2D eigenvalue weighted by molar-refractivity contribution is 5.78. The molecule has 3 aromatic carbocycles. The van der Waals surface area contributed by atoms with E-state index >= 15 is 0 Å². The van der Waals surface area contributed by atoms with Crippen LogP contribution in [-0.2, 0) is 25.7 Å². The number of aryl methyl sites for hydroxylation is 4. The van der Waals surface area contributed by atoms with Crippen LogP contribution in [0.1, 0.15) is 46.2 Å². The quantitative estimate of drug-likeness (QED) is 0.255. The molecule has 0 amide bonds. The Morgan fingerprint density at radius 2 is 1.24 bits per heavy atom. The third kappa shape index (κ3) is 5.65. The lowest BCUT2D eigenvalue weighted by Crippen LogP contribution is -2.46. The Labute approximate surface area is 241 Å². The van der Waals surface area contributed by atoms with Gasteiger partial charge in [-0.25, -0.2) is 0 Å². The molecule has 0 bridgehead atoms. The zero-order valence-electron chi connectivity index (χ0n) is 22.7. The maximum Gasteiger partial charge on any atom is 0.193 e. The Kier molecular flexibility index (Phi) is 7.75. The summed E-state index contributed by atoms with van der Waals surface area (Å²) in [5, 5.41) is 32.4. The minimum Gasteiger partial charge on any atom is -0.483 e. The second-order valence-electron chi connectivity index (χ2n) is 10.5. The highest BCUT2D eigenvalue weighted by Crippen LogP contribution is 2.38. The monoisotopic (exact) mass is 566 g/mol. The lowest BCUT2D eigenvalue weighted by Gasteiger charge is -2.35. The van der Waals surface area contributed by atoms with Gasteiger partial charge >= 0.3 is 0 Å². The molecule has 0 spiro atoms. The number of aliphatic hydroxyl groups excluding tert-OH is 3. The fraction of sp³-hybridized carbons (Fsp3) is 0.235. The van der Waals surface area contributed by atoms with E-state index in [-0.39, 0.29) is 27.9 Å². The fourth-order valence-electron chi connectivity index (χ4n) is 5.37. The van der Waals surface area contributed by atoms with Crippen molar-refractivity contribution >= 4 is 11.0 Å². The van der Waals surface area contributed by atoms with Gasteiger partial charge < -0.3 is 28.9 Å². The Morgan fingerprint density at radius 3 is 1.88 bits per heavy atom. The third-order valence-electron chi connectivity index (χ3n) is 7.62. The fourth-order valence-corrected chi connectivity index (χ4v) is 5.37. The molecule has 4 unspecified atom stereocenters. The zero-order chi connectivity index (χ0) is 29.2. The molecule has 2 aromatic heterocycles. The highest BCUT2D eigenvalue weighted by Gasteiger charge is 2.45. The average molecular weight is 567 g/mol. The molecule has 5 aromatic rings. The first-order valence-electron chi connectivity index (χ1n) is 13.9. The molecule has 214 valence electrons. The lowest BCUT2D eigenvalue weighted by atomic mass is 9.86. The smallest absolute Gasteiger partial charge is 0.193 e. The van der Waals surface area contributed by atoms with Crippen molar-refractivity contribution in [3.8, 4) is 5.75 Å².